The zero-order chi connectivity index (χ0) is 19.2. The summed E-state index contributed by atoms with van der Waals surface area (Å²) >= 11 is 6.22. The molecule has 1 aromatic carbocycles. The molecule has 8 nitrogen and oxygen atoms in total. The van der Waals surface area contributed by atoms with Gasteiger partial charge < -0.3 is 15.0 Å². The molecule has 0 aliphatic carbocycles. The first-order valence-corrected chi connectivity index (χ1v) is 8.67. The normalized spacial score (nSPS) is 11.9. The van der Waals surface area contributed by atoms with Gasteiger partial charge in [-0.05, 0) is 32.9 Å². The van der Waals surface area contributed by atoms with Crippen LogP contribution in [0.15, 0.2) is 36.7 Å². The van der Waals surface area contributed by atoms with Gasteiger partial charge in [-0.15, -0.1) is 0 Å². The van der Waals surface area contributed by atoms with Gasteiger partial charge in [-0.2, -0.15) is 5.10 Å². The van der Waals surface area contributed by atoms with Crippen molar-refractivity contribution in [3.8, 4) is 11.6 Å². The molecule has 0 fully saturated rings. The van der Waals surface area contributed by atoms with Crippen molar-refractivity contribution in [2.75, 3.05) is 0 Å². The van der Waals surface area contributed by atoms with Gasteiger partial charge in [-0.3, -0.25) is 0 Å². The summed E-state index contributed by atoms with van der Waals surface area (Å²) in [4.78, 5) is 23.9. The number of nitrogens with one attached hydrogen (secondary N) is 2. The van der Waals surface area contributed by atoms with E-state index in [4.69, 9.17) is 16.3 Å². The summed E-state index contributed by atoms with van der Waals surface area (Å²) in [7, 11) is 0. The van der Waals surface area contributed by atoms with Gasteiger partial charge in [0.1, 0.15) is 0 Å². The van der Waals surface area contributed by atoms with Crippen LogP contribution in [-0.4, -0.2) is 36.4 Å². The fraction of sp³-hybridized carbons (Fsp3) is 0.222. The van der Waals surface area contributed by atoms with E-state index in [0.717, 1.165) is 10.9 Å². The number of amides is 1. The number of H-pyrrole nitrogens is 1. The summed E-state index contributed by atoms with van der Waals surface area (Å²) in [5, 5.41) is 8.27. The minimum Gasteiger partial charge on any atom is -0.406 e. The number of benzene rings is 1. The Morgan fingerprint density at radius 3 is 2.85 bits per heavy atom. The highest BCUT2D eigenvalue weighted by molar-refractivity contribution is 6.34. The van der Waals surface area contributed by atoms with E-state index in [1.165, 1.54) is 0 Å². The van der Waals surface area contributed by atoms with Crippen molar-refractivity contribution in [3.05, 3.63) is 41.8 Å². The van der Waals surface area contributed by atoms with Gasteiger partial charge in [-0.1, -0.05) is 23.7 Å². The maximum absolute atomic E-state index is 12.1. The molecule has 0 bridgehead atoms. The Hall–Kier alpha value is -3.13. The van der Waals surface area contributed by atoms with Crippen LogP contribution in [-0.2, 0) is 0 Å². The van der Waals surface area contributed by atoms with Gasteiger partial charge >= 0.3 is 6.09 Å². The Labute approximate surface area is 159 Å². The SMILES string of the molecule is CC(C)(C)NC(=O)Oc1c[nH]c2ncc(-n3nc(Cl)c4ccccc43)nc12. The number of halogens is 1. The largest absolute Gasteiger partial charge is 0.413 e. The van der Waals surface area contributed by atoms with E-state index >= 15 is 0 Å². The van der Waals surface area contributed by atoms with E-state index in [9.17, 15) is 4.79 Å². The van der Waals surface area contributed by atoms with Crippen molar-refractivity contribution < 1.29 is 9.53 Å². The molecule has 4 rings (SSSR count). The van der Waals surface area contributed by atoms with E-state index in [2.05, 4.69) is 25.4 Å². The number of para-hydroxylation sites is 1. The third kappa shape index (κ3) is 3.31. The fourth-order valence-corrected chi connectivity index (χ4v) is 2.91. The van der Waals surface area contributed by atoms with Crippen LogP contribution in [0.5, 0.6) is 5.75 Å². The van der Waals surface area contributed by atoms with Crippen LogP contribution in [0.3, 0.4) is 0 Å². The molecule has 1 amide bonds. The molecule has 0 aliphatic rings. The van der Waals surface area contributed by atoms with E-state index < -0.39 is 11.6 Å². The molecule has 27 heavy (non-hydrogen) atoms. The van der Waals surface area contributed by atoms with Crippen molar-refractivity contribution in [2.24, 2.45) is 0 Å². The number of aromatic nitrogens is 5. The molecule has 0 unspecified atom stereocenters. The second-order valence-electron chi connectivity index (χ2n) is 7.06. The Balaban J connectivity index is 1.75. The molecule has 0 radical (unpaired) electrons. The van der Waals surface area contributed by atoms with Crippen molar-refractivity contribution in [2.45, 2.75) is 26.3 Å². The Morgan fingerprint density at radius 1 is 1.30 bits per heavy atom. The molecule has 9 heteroatoms. The smallest absolute Gasteiger partial charge is 0.406 e. The summed E-state index contributed by atoms with van der Waals surface area (Å²) in [6, 6.07) is 7.56. The third-order valence-electron chi connectivity index (χ3n) is 3.77. The van der Waals surface area contributed by atoms with Crippen LogP contribution in [0.25, 0.3) is 27.9 Å². The quantitative estimate of drug-likeness (QED) is 0.547. The molecular formula is C18H17ClN6O2. The Kier molecular flexibility index (Phi) is 4.00. The van der Waals surface area contributed by atoms with E-state index in [-0.39, 0.29) is 5.75 Å². The van der Waals surface area contributed by atoms with Gasteiger partial charge in [0.15, 0.2) is 27.9 Å². The van der Waals surface area contributed by atoms with E-state index in [1.807, 2.05) is 45.0 Å². The second kappa shape index (κ2) is 6.24. The Bertz CT molecular complexity index is 1160. The minimum atomic E-state index is -0.566. The number of carbonyl (C=O) groups is 1. The van der Waals surface area contributed by atoms with Crippen molar-refractivity contribution in [1.82, 2.24) is 30.0 Å². The van der Waals surface area contributed by atoms with Crippen molar-refractivity contribution >= 4 is 39.8 Å². The lowest BCUT2D eigenvalue weighted by Crippen LogP contribution is -2.42. The zero-order valence-electron chi connectivity index (χ0n) is 14.9. The fourth-order valence-electron chi connectivity index (χ4n) is 2.67. The predicted molar refractivity (Wildman–Crippen MR) is 102 cm³/mol. The van der Waals surface area contributed by atoms with Crippen molar-refractivity contribution in [3.63, 3.8) is 0 Å². The highest BCUT2D eigenvalue weighted by Gasteiger charge is 2.19. The monoisotopic (exact) mass is 384 g/mol. The number of hydrogen-bond acceptors (Lipinski definition) is 5. The highest BCUT2D eigenvalue weighted by atomic mass is 35.5. The number of hydrogen-bond donors (Lipinski definition) is 2. The lowest BCUT2D eigenvalue weighted by Gasteiger charge is -2.19. The Morgan fingerprint density at radius 2 is 2.07 bits per heavy atom. The predicted octanol–water partition coefficient (Wildman–Crippen LogP) is 3.84. The topological polar surface area (TPSA) is 97.7 Å². The minimum absolute atomic E-state index is 0.281. The van der Waals surface area contributed by atoms with Crippen LogP contribution >= 0.6 is 11.6 Å². The summed E-state index contributed by atoms with van der Waals surface area (Å²) in [6.45, 7) is 5.61. The van der Waals surface area contributed by atoms with Crippen LogP contribution in [0.4, 0.5) is 4.79 Å². The molecule has 0 saturated carbocycles. The summed E-state index contributed by atoms with van der Waals surface area (Å²) in [5.74, 6) is 0.745. The summed E-state index contributed by atoms with van der Waals surface area (Å²) in [6.07, 6.45) is 2.56. The molecule has 3 aromatic heterocycles. The standard InChI is InChI=1S/C18H17ClN6O2/c1-18(2,3)23-17(26)27-12-8-20-16-14(12)22-13(9-21-16)25-11-7-5-4-6-10(11)15(19)24-25/h4-9H,1-3H3,(H,20,21)(H,23,26). The molecule has 3 heterocycles. The van der Waals surface area contributed by atoms with E-state index in [1.54, 1.807) is 17.1 Å². The van der Waals surface area contributed by atoms with Crippen molar-refractivity contribution in [1.29, 1.82) is 0 Å². The highest BCUT2D eigenvalue weighted by Crippen LogP contribution is 2.27. The maximum atomic E-state index is 12.1. The number of fused-ring (bicyclic) bond motifs is 2. The molecular weight excluding hydrogens is 368 g/mol. The van der Waals surface area contributed by atoms with E-state index in [0.29, 0.717) is 22.1 Å². The van der Waals surface area contributed by atoms with Crippen LogP contribution in [0, 0.1) is 0 Å². The molecule has 0 spiro atoms. The average Bonchev–Trinajstić information content (AvgIpc) is 3.15. The molecule has 4 aromatic rings. The van der Waals surface area contributed by atoms with Gasteiger partial charge in [0.2, 0.25) is 0 Å². The van der Waals surface area contributed by atoms with Gasteiger partial charge in [-0.25, -0.2) is 19.4 Å². The summed E-state index contributed by atoms with van der Waals surface area (Å²) in [5.41, 5.74) is 1.32. The van der Waals surface area contributed by atoms with Crippen LogP contribution in [0.2, 0.25) is 5.15 Å². The number of carbonyl (C=O) groups excluding carboxylic acids is 1. The second-order valence-corrected chi connectivity index (χ2v) is 7.42. The lowest BCUT2D eigenvalue weighted by molar-refractivity contribution is 0.191. The first-order valence-electron chi connectivity index (χ1n) is 8.29. The van der Waals surface area contributed by atoms with Crippen LogP contribution < -0.4 is 10.1 Å². The molecule has 138 valence electrons. The number of nitrogens with zero attached hydrogens (tertiary/aromatic N) is 4. The number of rotatable bonds is 2. The summed E-state index contributed by atoms with van der Waals surface area (Å²) < 4.78 is 6.99. The van der Waals surface area contributed by atoms with Gasteiger partial charge in [0, 0.05) is 17.1 Å². The molecule has 0 atom stereocenters. The molecule has 2 N–H and O–H groups in total. The molecule has 0 saturated heterocycles. The first kappa shape index (κ1) is 17.3. The third-order valence-corrected chi connectivity index (χ3v) is 4.05. The number of aromatic amines is 1. The first-order chi connectivity index (χ1) is 12.8. The zero-order valence-corrected chi connectivity index (χ0v) is 15.7. The van der Waals surface area contributed by atoms with Gasteiger partial charge in [0.25, 0.3) is 0 Å². The van der Waals surface area contributed by atoms with Gasteiger partial charge in [0.05, 0.1) is 11.7 Å². The molecule has 0 aliphatic heterocycles. The van der Waals surface area contributed by atoms with Crippen LogP contribution in [0.1, 0.15) is 20.8 Å². The maximum Gasteiger partial charge on any atom is 0.413 e. The lowest BCUT2D eigenvalue weighted by atomic mass is 10.1. The average molecular weight is 385 g/mol. The number of ether oxygens (including phenoxy) is 1.